The van der Waals surface area contributed by atoms with E-state index in [1.807, 2.05) is 0 Å². The molecule has 5 heteroatoms. The number of nitrogens with two attached hydrogens (primary N) is 1. The zero-order valence-electron chi connectivity index (χ0n) is 11.8. The molecule has 1 heterocycles. The van der Waals surface area contributed by atoms with Crippen molar-refractivity contribution in [2.75, 3.05) is 0 Å². The van der Waals surface area contributed by atoms with Gasteiger partial charge in [0.25, 0.3) is 0 Å². The molecule has 0 atom stereocenters. The molecule has 1 aromatic carbocycles. The number of hydrogen-bond acceptors (Lipinski definition) is 4. The van der Waals surface area contributed by atoms with Crippen molar-refractivity contribution >= 4 is 28.9 Å². The maximum atomic E-state index is 7.63. The molecule has 0 amide bonds. The molecule has 0 aliphatic rings. The second kappa shape index (κ2) is 6.90. The number of benzene rings is 1. The molecule has 3 nitrogen and oxygen atoms in total. The van der Waals surface area contributed by atoms with Gasteiger partial charge in [-0.25, -0.2) is 4.98 Å². The summed E-state index contributed by atoms with van der Waals surface area (Å²) < 4.78 is 0. The van der Waals surface area contributed by atoms with Crippen LogP contribution >= 0.6 is 23.1 Å². The van der Waals surface area contributed by atoms with Gasteiger partial charge in [-0.1, -0.05) is 31.0 Å². The van der Waals surface area contributed by atoms with Crippen LogP contribution in [0.5, 0.6) is 0 Å². The van der Waals surface area contributed by atoms with E-state index in [9.17, 15) is 0 Å². The molecule has 3 N–H and O–H groups in total. The summed E-state index contributed by atoms with van der Waals surface area (Å²) in [7, 11) is 0. The summed E-state index contributed by atoms with van der Waals surface area (Å²) in [4.78, 5) is 6.71. The van der Waals surface area contributed by atoms with Gasteiger partial charge in [0.1, 0.15) is 10.8 Å². The molecule has 0 aliphatic heterocycles. The van der Waals surface area contributed by atoms with Gasteiger partial charge in [0.05, 0.1) is 16.3 Å². The van der Waals surface area contributed by atoms with Gasteiger partial charge in [-0.3, -0.25) is 5.41 Å². The van der Waals surface area contributed by atoms with Gasteiger partial charge in [0.15, 0.2) is 0 Å². The quantitative estimate of drug-likeness (QED) is 0.482. The van der Waals surface area contributed by atoms with Crippen LogP contribution in [0.4, 0.5) is 0 Å². The molecule has 106 valence electrons. The number of thioether (sulfide) groups is 1. The molecule has 0 aliphatic carbocycles. The van der Waals surface area contributed by atoms with E-state index in [1.54, 1.807) is 23.1 Å². The van der Waals surface area contributed by atoms with Gasteiger partial charge in [0, 0.05) is 4.90 Å². The summed E-state index contributed by atoms with van der Waals surface area (Å²) in [6, 6.07) is 8.50. The average Bonchev–Trinajstić information content (AvgIpc) is 2.82. The van der Waals surface area contributed by atoms with E-state index < -0.39 is 0 Å². The minimum absolute atomic E-state index is 0.137. The molecule has 2 rings (SSSR count). The predicted octanol–water partition coefficient (Wildman–Crippen LogP) is 3.98. The van der Waals surface area contributed by atoms with Crippen LogP contribution < -0.4 is 5.73 Å². The lowest BCUT2D eigenvalue weighted by molar-refractivity contribution is 0.884. The largest absolute Gasteiger partial charge is 0.383 e. The molecule has 20 heavy (non-hydrogen) atoms. The van der Waals surface area contributed by atoms with Gasteiger partial charge in [-0.15, -0.1) is 23.1 Å². The van der Waals surface area contributed by atoms with E-state index in [1.165, 1.54) is 10.5 Å². The lowest BCUT2D eigenvalue weighted by atomic mass is 10.2. The normalized spacial score (nSPS) is 10.7. The first kappa shape index (κ1) is 15.1. The van der Waals surface area contributed by atoms with Crippen molar-refractivity contribution in [1.82, 2.24) is 4.98 Å². The molecule has 0 unspecified atom stereocenters. The molecule has 0 bridgehead atoms. The molecule has 0 fully saturated rings. The number of nitrogen functional groups attached to an aromatic ring is 1. The first-order chi connectivity index (χ1) is 9.60. The van der Waals surface area contributed by atoms with Crippen molar-refractivity contribution in [1.29, 1.82) is 5.41 Å². The van der Waals surface area contributed by atoms with E-state index in [0.717, 1.165) is 34.2 Å². The van der Waals surface area contributed by atoms with E-state index in [2.05, 4.69) is 43.1 Å². The minimum Gasteiger partial charge on any atom is -0.383 e. The third-order valence-electron chi connectivity index (χ3n) is 2.86. The van der Waals surface area contributed by atoms with Crippen LogP contribution in [0.3, 0.4) is 0 Å². The van der Waals surface area contributed by atoms with Crippen LogP contribution in [0.15, 0.2) is 29.2 Å². The Morgan fingerprint density at radius 2 is 2.05 bits per heavy atom. The van der Waals surface area contributed by atoms with E-state index >= 15 is 0 Å². The molecule has 1 aromatic heterocycles. The maximum Gasteiger partial charge on any atom is 0.135 e. The highest BCUT2D eigenvalue weighted by Gasteiger charge is 2.13. The third-order valence-corrected chi connectivity index (χ3v) is 5.19. The first-order valence-electron chi connectivity index (χ1n) is 6.62. The van der Waals surface area contributed by atoms with Gasteiger partial charge >= 0.3 is 0 Å². The Hall–Kier alpha value is -1.33. The summed E-state index contributed by atoms with van der Waals surface area (Å²) in [5, 5.41) is 8.67. The van der Waals surface area contributed by atoms with Crippen molar-refractivity contribution in [2.45, 2.75) is 37.3 Å². The molecule has 0 spiro atoms. The Kier molecular flexibility index (Phi) is 5.20. The monoisotopic (exact) mass is 305 g/mol. The topological polar surface area (TPSA) is 62.8 Å². The molecule has 0 saturated heterocycles. The molecule has 2 aromatic rings. The smallest absolute Gasteiger partial charge is 0.135 e. The highest BCUT2D eigenvalue weighted by Crippen LogP contribution is 2.27. The fourth-order valence-corrected chi connectivity index (χ4v) is 3.72. The van der Waals surface area contributed by atoms with Gasteiger partial charge in [-0.05, 0) is 25.5 Å². The fourth-order valence-electron chi connectivity index (χ4n) is 1.86. The fraction of sp³-hybridized carbons (Fsp3) is 0.333. The number of hydrogen-bond donors (Lipinski definition) is 2. The molecular weight excluding hydrogens is 286 g/mol. The number of nitrogens with zero attached hydrogens (tertiary/aromatic N) is 1. The van der Waals surface area contributed by atoms with Gasteiger partial charge in [0.2, 0.25) is 0 Å². The summed E-state index contributed by atoms with van der Waals surface area (Å²) in [6.45, 7) is 4.20. The number of nitrogens with one attached hydrogen (secondary N) is 1. The van der Waals surface area contributed by atoms with Crippen molar-refractivity contribution in [3.63, 3.8) is 0 Å². The highest BCUT2D eigenvalue weighted by atomic mass is 32.2. The lowest BCUT2D eigenvalue weighted by Gasteiger charge is -1.99. The maximum absolute atomic E-state index is 7.63. The van der Waals surface area contributed by atoms with Crippen LogP contribution in [0.1, 0.15) is 34.5 Å². The summed E-state index contributed by atoms with van der Waals surface area (Å²) in [5.74, 6) is 0.968. The Labute approximate surface area is 128 Å². The Bertz CT molecular complexity index is 588. The lowest BCUT2D eigenvalue weighted by Crippen LogP contribution is -2.11. The Balaban J connectivity index is 2.07. The molecule has 0 radical (unpaired) electrons. The van der Waals surface area contributed by atoms with Crippen LogP contribution in [0.2, 0.25) is 0 Å². The molecule has 0 saturated carbocycles. The predicted molar refractivity (Wildman–Crippen MR) is 87.9 cm³/mol. The van der Waals surface area contributed by atoms with Crippen LogP contribution in [0, 0.1) is 12.3 Å². The van der Waals surface area contributed by atoms with Gasteiger partial charge < -0.3 is 5.73 Å². The second-order valence-electron chi connectivity index (χ2n) is 4.65. The number of rotatable bonds is 6. The van der Waals surface area contributed by atoms with Crippen LogP contribution in [0.25, 0.3) is 0 Å². The summed E-state index contributed by atoms with van der Waals surface area (Å²) in [6.07, 6.45) is 1.91. The zero-order valence-corrected chi connectivity index (χ0v) is 13.4. The Morgan fingerprint density at radius 3 is 2.65 bits per heavy atom. The Morgan fingerprint density at radius 1 is 1.35 bits per heavy atom. The van der Waals surface area contributed by atoms with E-state index in [0.29, 0.717) is 0 Å². The van der Waals surface area contributed by atoms with Crippen molar-refractivity contribution in [3.8, 4) is 0 Å². The number of thiazole rings is 1. The molecular formula is C15H19N3S2. The number of aryl methyl sites for hydroxylation is 2. The second-order valence-corrected chi connectivity index (χ2v) is 6.78. The number of aromatic nitrogens is 1. The van der Waals surface area contributed by atoms with Crippen molar-refractivity contribution in [3.05, 3.63) is 45.4 Å². The number of amidine groups is 1. The first-order valence-corrected chi connectivity index (χ1v) is 8.42. The van der Waals surface area contributed by atoms with Crippen LogP contribution in [-0.2, 0) is 12.2 Å². The average molecular weight is 305 g/mol. The summed E-state index contributed by atoms with van der Waals surface area (Å²) in [5.41, 5.74) is 7.88. The summed E-state index contributed by atoms with van der Waals surface area (Å²) >= 11 is 3.32. The SMILES string of the molecule is CCCc1nc(CSc2ccc(C)cc2)sc1C(=N)N. The van der Waals surface area contributed by atoms with E-state index in [-0.39, 0.29) is 5.84 Å². The van der Waals surface area contributed by atoms with E-state index in [4.69, 9.17) is 11.1 Å². The van der Waals surface area contributed by atoms with Crippen molar-refractivity contribution in [2.24, 2.45) is 5.73 Å². The minimum atomic E-state index is 0.137. The van der Waals surface area contributed by atoms with Crippen molar-refractivity contribution < 1.29 is 0 Å². The standard InChI is InChI=1S/C15H19N3S2/c1-3-4-12-14(15(16)17)20-13(18-12)9-19-11-7-5-10(2)6-8-11/h5-8H,3-4,9H2,1-2H3,(H3,16,17). The van der Waals surface area contributed by atoms with Gasteiger partial charge in [-0.2, -0.15) is 0 Å². The highest BCUT2D eigenvalue weighted by molar-refractivity contribution is 7.98. The zero-order chi connectivity index (χ0) is 14.5. The van der Waals surface area contributed by atoms with Crippen LogP contribution in [-0.4, -0.2) is 10.8 Å². The third kappa shape index (κ3) is 3.84.